The van der Waals surface area contributed by atoms with Crippen LogP contribution in [0.2, 0.25) is 0 Å². The average molecular weight is 310 g/mol. The Morgan fingerprint density at radius 2 is 1.74 bits per heavy atom. The van der Waals surface area contributed by atoms with Gasteiger partial charge < -0.3 is 10.6 Å². The molecule has 0 radical (unpaired) electrons. The summed E-state index contributed by atoms with van der Waals surface area (Å²) in [5.41, 5.74) is 2.81. The smallest absolute Gasteiger partial charge is 0.320 e. The van der Waals surface area contributed by atoms with Crippen molar-refractivity contribution in [3.8, 4) is 0 Å². The van der Waals surface area contributed by atoms with Crippen LogP contribution in [0.15, 0.2) is 42.5 Å². The van der Waals surface area contributed by atoms with Gasteiger partial charge in [0, 0.05) is 13.1 Å². The number of aromatic nitrogens is 1. The van der Waals surface area contributed by atoms with Gasteiger partial charge in [0.1, 0.15) is 11.5 Å². The first-order chi connectivity index (χ1) is 11.2. The van der Waals surface area contributed by atoms with E-state index in [9.17, 15) is 9.59 Å². The zero-order valence-electron chi connectivity index (χ0n) is 12.8. The number of anilines is 1. The summed E-state index contributed by atoms with van der Waals surface area (Å²) in [5.74, 6) is 0.0550. The molecular weight excluding hydrogens is 292 g/mol. The van der Waals surface area contributed by atoms with Crippen LogP contribution in [-0.2, 0) is 12.8 Å². The molecule has 3 amide bonds. The third kappa shape index (κ3) is 3.48. The van der Waals surface area contributed by atoms with E-state index in [1.54, 1.807) is 18.2 Å². The first kappa shape index (κ1) is 15.0. The molecule has 2 aromatic rings. The number of amides is 3. The number of hydrogen-bond donors (Lipinski definition) is 3. The van der Waals surface area contributed by atoms with Gasteiger partial charge in [-0.05, 0) is 36.1 Å². The molecule has 118 valence electrons. The molecule has 0 atom stereocenters. The van der Waals surface area contributed by atoms with Gasteiger partial charge in [0.25, 0.3) is 5.91 Å². The van der Waals surface area contributed by atoms with Crippen molar-refractivity contribution in [2.24, 2.45) is 0 Å². The van der Waals surface area contributed by atoms with Crippen molar-refractivity contribution >= 4 is 17.8 Å². The van der Waals surface area contributed by atoms with Crippen LogP contribution in [0.4, 0.5) is 10.6 Å². The van der Waals surface area contributed by atoms with E-state index < -0.39 is 0 Å². The van der Waals surface area contributed by atoms with Crippen molar-refractivity contribution in [3.05, 3.63) is 59.3 Å². The molecule has 0 spiro atoms. The van der Waals surface area contributed by atoms with Crippen LogP contribution in [-0.4, -0.2) is 30.0 Å². The van der Waals surface area contributed by atoms with E-state index in [0.29, 0.717) is 5.82 Å². The Balaban J connectivity index is 1.59. The minimum absolute atomic E-state index is 0.0783. The summed E-state index contributed by atoms with van der Waals surface area (Å²) in [7, 11) is 1.54. The Morgan fingerprint density at radius 1 is 1.04 bits per heavy atom. The second-order valence-electron chi connectivity index (χ2n) is 5.46. The maximum atomic E-state index is 12.1. The summed E-state index contributed by atoms with van der Waals surface area (Å²) >= 11 is 0. The van der Waals surface area contributed by atoms with Gasteiger partial charge in [-0.3, -0.25) is 10.1 Å². The highest BCUT2D eigenvalue weighted by Gasteiger charge is 2.22. The number of pyridine rings is 1. The molecule has 6 heteroatoms. The lowest BCUT2D eigenvalue weighted by Crippen LogP contribution is -2.38. The summed E-state index contributed by atoms with van der Waals surface area (Å²) < 4.78 is 0. The average Bonchev–Trinajstić information content (AvgIpc) is 2.96. The lowest BCUT2D eigenvalue weighted by molar-refractivity contribution is 0.0958. The van der Waals surface area contributed by atoms with Crippen LogP contribution in [0.3, 0.4) is 0 Å². The molecule has 3 N–H and O–H groups in total. The molecule has 6 nitrogen and oxygen atoms in total. The zero-order chi connectivity index (χ0) is 16.2. The van der Waals surface area contributed by atoms with Crippen LogP contribution in [0.1, 0.15) is 21.6 Å². The maximum absolute atomic E-state index is 12.1. The number of fused-ring (bicyclic) bond motifs is 1. The van der Waals surface area contributed by atoms with Crippen molar-refractivity contribution in [3.63, 3.8) is 0 Å². The van der Waals surface area contributed by atoms with Crippen LogP contribution in [0, 0.1) is 0 Å². The van der Waals surface area contributed by atoms with Crippen molar-refractivity contribution in [1.29, 1.82) is 0 Å². The van der Waals surface area contributed by atoms with Gasteiger partial charge >= 0.3 is 6.03 Å². The Morgan fingerprint density at radius 3 is 2.39 bits per heavy atom. The predicted octanol–water partition coefficient (Wildman–Crippen LogP) is 1.73. The first-order valence-corrected chi connectivity index (χ1v) is 7.49. The highest BCUT2D eigenvalue weighted by molar-refractivity contribution is 5.93. The second-order valence-corrected chi connectivity index (χ2v) is 5.46. The molecule has 3 rings (SSSR count). The highest BCUT2D eigenvalue weighted by Crippen LogP contribution is 2.21. The van der Waals surface area contributed by atoms with Gasteiger partial charge in [-0.15, -0.1) is 0 Å². The molecular formula is C17H18N4O2. The molecule has 0 aliphatic heterocycles. The molecule has 1 aliphatic rings. The maximum Gasteiger partial charge on any atom is 0.320 e. The van der Waals surface area contributed by atoms with Gasteiger partial charge in [-0.1, -0.05) is 30.3 Å². The number of nitrogens with one attached hydrogen (secondary N) is 3. The molecule has 0 unspecified atom stereocenters. The molecule has 1 aliphatic carbocycles. The number of benzene rings is 1. The minimum atomic E-state index is -0.315. The van der Waals surface area contributed by atoms with Crippen molar-refractivity contribution in [2.45, 2.75) is 18.9 Å². The lowest BCUT2D eigenvalue weighted by atomic mass is 10.1. The van der Waals surface area contributed by atoms with E-state index in [1.165, 1.54) is 18.2 Å². The van der Waals surface area contributed by atoms with Crippen molar-refractivity contribution < 1.29 is 9.59 Å². The minimum Gasteiger partial charge on any atom is -0.354 e. The number of carbonyl (C=O) groups is 2. The summed E-state index contributed by atoms with van der Waals surface area (Å²) in [4.78, 5) is 27.8. The topological polar surface area (TPSA) is 83.1 Å². The number of hydrogen-bond acceptors (Lipinski definition) is 3. The standard InChI is InChI=1S/C17H18N4O2/c1-18-16(22)14-7-4-8-15(20-14)21-17(23)19-13-9-11-5-2-3-6-12(11)10-13/h2-8,13H,9-10H2,1H3,(H,18,22)(H2,19,20,21,23). The van der Waals surface area contributed by atoms with Crippen molar-refractivity contribution in [2.75, 3.05) is 12.4 Å². The Hall–Kier alpha value is -2.89. The fourth-order valence-corrected chi connectivity index (χ4v) is 2.76. The van der Waals surface area contributed by atoms with Crippen LogP contribution in [0.5, 0.6) is 0 Å². The van der Waals surface area contributed by atoms with E-state index in [1.807, 2.05) is 12.1 Å². The van der Waals surface area contributed by atoms with E-state index in [4.69, 9.17) is 0 Å². The van der Waals surface area contributed by atoms with E-state index in [2.05, 4.69) is 33.1 Å². The molecule has 23 heavy (non-hydrogen) atoms. The van der Waals surface area contributed by atoms with Gasteiger partial charge in [0.15, 0.2) is 0 Å². The van der Waals surface area contributed by atoms with Gasteiger partial charge in [0.2, 0.25) is 0 Å². The molecule has 0 bridgehead atoms. The number of nitrogens with zero attached hydrogens (tertiary/aromatic N) is 1. The molecule has 0 saturated heterocycles. The first-order valence-electron chi connectivity index (χ1n) is 7.49. The third-order valence-corrected chi connectivity index (χ3v) is 3.84. The monoisotopic (exact) mass is 310 g/mol. The Labute approximate surface area is 134 Å². The molecule has 1 aromatic heterocycles. The van der Waals surface area contributed by atoms with Gasteiger partial charge in [0.05, 0.1) is 0 Å². The number of rotatable bonds is 3. The Bertz CT molecular complexity index is 720. The van der Waals surface area contributed by atoms with Crippen LogP contribution >= 0.6 is 0 Å². The molecule has 1 aromatic carbocycles. The normalized spacial score (nSPS) is 13.3. The molecule has 1 heterocycles. The van der Waals surface area contributed by atoms with Gasteiger partial charge in [-0.25, -0.2) is 9.78 Å². The zero-order valence-corrected chi connectivity index (χ0v) is 12.8. The summed E-state index contributed by atoms with van der Waals surface area (Å²) in [6.45, 7) is 0. The third-order valence-electron chi connectivity index (χ3n) is 3.84. The second kappa shape index (κ2) is 6.48. The molecule has 0 fully saturated rings. The van der Waals surface area contributed by atoms with Crippen LogP contribution < -0.4 is 16.0 Å². The molecule has 0 saturated carbocycles. The fourth-order valence-electron chi connectivity index (χ4n) is 2.76. The number of urea groups is 1. The van der Waals surface area contributed by atoms with Crippen LogP contribution in [0.25, 0.3) is 0 Å². The van der Waals surface area contributed by atoms with E-state index >= 15 is 0 Å². The van der Waals surface area contributed by atoms with Gasteiger partial charge in [-0.2, -0.15) is 0 Å². The Kier molecular flexibility index (Phi) is 4.23. The fraction of sp³-hybridized carbons (Fsp3) is 0.235. The highest BCUT2D eigenvalue weighted by atomic mass is 16.2. The largest absolute Gasteiger partial charge is 0.354 e. The lowest BCUT2D eigenvalue weighted by Gasteiger charge is -2.13. The number of carbonyl (C=O) groups excluding carboxylic acids is 2. The predicted molar refractivity (Wildman–Crippen MR) is 87.4 cm³/mol. The summed E-state index contributed by atoms with van der Waals surface area (Å²) in [6, 6.07) is 12.9. The summed E-state index contributed by atoms with van der Waals surface area (Å²) in [6.07, 6.45) is 1.66. The van der Waals surface area contributed by atoms with E-state index in [-0.39, 0.29) is 23.7 Å². The van der Waals surface area contributed by atoms with E-state index in [0.717, 1.165) is 12.8 Å². The SMILES string of the molecule is CNC(=O)c1cccc(NC(=O)NC2Cc3ccccc3C2)n1. The van der Waals surface area contributed by atoms with Crippen molar-refractivity contribution in [1.82, 2.24) is 15.6 Å². The quantitative estimate of drug-likeness (QED) is 0.807. The summed E-state index contributed by atoms with van der Waals surface area (Å²) in [5, 5.41) is 8.12.